The van der Waals surface area contributed by atoms with Crippen molar-refractivity contribution in [1.82, 2.24) is 5.32 Å². The van der Waals surface area contributed by atoms with Crippen molar-refractivity contribution in [3.63, 3.8) is 0 Å². The number of hydrogen-bond donors (Lipinski definition) is 1. The van der Waals surface area contributed by atoms with Crippen LogP contribution in [0.1, 0.15) is 49.9 Å². The second kappa shape index (κ2) is 7.02. The Kier molecular flexibility index (Phi) is 4.94. The van der Waals surface area contributed by atoms with Gasteiger partial charge in [-0.05, 0) is 52.8 Å². The van der Waals surface area contributed by atoms with Gasteiger partial charge < -0.3 is 14.8 Å². The number of carbonyl (C=O) groups is 1. The molecule has 0 saturated heterocycles. The molecule has 2 aromatic rings. The average molecular weight is 353 g/mol. The van der Waals surface area contributed by atoms with E-state index < -0.39 is 6.10 Å². The predicted octanol–water partition coefficient (Wildman–Crippen LogP) is 4.49. The van der Waals surface area contributed by atoms with E-state index in [1.54, 1.807) is 6.92 Å². The number of aryl methyl sites for hydroxylation is 2. The number of nitrogens with one attached hydrogen (secondary N) is 1. The monoisotopic (exact) mass is 353 g/mol. The number of carbonyl (C=O) groups excluding carboxylic acids is 1. The van der Waals surface area contributed by atoms with E-state index in [4.69, 9.17) is 9.47 Å². The van der Waals surface area contributed by atoms with Gasteiger partial charge in [0.2, 0.25) is 0 Å². The minimum Gasteiger partial charge on any atom is -0.487 e. The molecule has 0 spiro atoms. The molecule has 1 heterocycles. The van der Waals surface area contributed by atoms with Crippen LogP contribution in [0.5, 0.6) is 11.5 Å². The summed E-state index contributed by atoms with van der Waals surface area (Å²) in [6, 6.07) is 13.7. The Morgan fingerprint density at radius 1 is 1.15 bits per heavy atom. The van der Waals surface area contributed by atoms with Gasteiger partial charge in [0.15, 0.2) is 6.10 Å². The average Bonchev–Trinajstić information content (AvgIpc) is 2.57. The molecule has 0 radical (unpaired) electrons. The van der Waals surface area contributed by atoms with Crippen LogP contribution in [0, 0.1) is 13.8 Å². The maximum atomic E-state index is 12.7. The summed E-state index contributed by atoms with van der Waals surface area (Å²) in [5, 5.41) is 3.15. The van der Waals surface area contributed by atoms with Crippen molar-refractivity contribution < 1.29 is 14.3 Å². The Bertz CT molecular complexity index is 796. The van der Waals surface area contributed by atoms with Crippen LogP contribution in [0.3, 0.4) is 0 Å². The molecular formula is C22H27NO3. The Balaban J connectivity index is 1.74. The van der Waals surface area contributed by atoms with Gasteiger partial charge in [-0.15, -0.1) is 0 Å². The largest absolute Gasteiger partial charge is 0.487 e. The first-order valence-electron chi connectivity index (χ1n) is 9.07. The van der Waals surface area contributed by atoms with Gasteiger partial charge in [-0.2, -0.15) is 0 Å². The van der Waals surface area contributed by atoms with Crippen molar-refractivity contribution in [1.29, 1.82) is 0 Å². The molecule has 1 N–H and O–H groups in total. The van der Waals surface area contributed by atoms with Crippen molar-refractivity contribution in [3.8, 4) is 11.5 Å². The molecule has 4 nitrogen and oxygen atoms in total. The van der Waals surface area contributed by atoms with Gasteiger partial charge in [-0.3, -0.25) is 4.79 Å². The van der Waals surface area contributed by atoms with Gasteiger partial charge >= 0.3 is 0 Å². The predicted molar refractivity (Wildman–Crippen MR) is 103 cm³/mol. The van der Waals surface area contributed by atoms with Crippen molar-refractivity contribution in [2.75, 3.05) is 0 Å². The lowest BCUT2D eigenvalue weighted by atomic mass is 9.89. The Morgan fingerprint density at radius 3 is 2.50 bits per heavy atom. The Morgan fingerprint density at radius 2 is 1.81 bits per heavy atom. The van der Waals surface area contributed by atoms with Crippen LogP contribution in [0.4, 0.5) is 0 Å². The third-order valence-electron chi connectivity index (χ3n) is 4.64. The van der Waals surface area contributed by atoms with Gasteiger partial charge in [-0.25, -0.2) is 0 Å². The summed E-state index contributed by atoms with van der Waals surface area (Å²) in [4.78, 5) is 12.7. The minimum atomic E-state index is -0.572. The molecule has 3 rings (SSSR count). The summed E-state index contributed by atoms with van der Waals surface area (Å²) in [5.74, 6) is 1.41. The van der Waals surface area contributed by atoms with Crippen LogP contribution in [-0.2, 0) is 4.79 Å². The highest BCUT2D eigenvalue weighted by molar-refractivity contribution is 5.81. The smallest absolute Gasteiger partial charge is 0.261 e. The van der Waals surface area contributed by atoms with Gasteiger partial charge in [-0.1, -0.05) is 35.4 Å². The molecule has 0 saturated carbocycles. The number of benzene rings is 2. The normalized spacial score (nSPS) is 19.0. The van der Waals surface area contributed by atoms with E-state index in [2.05, 4.69) is 11.4 Å². The van der Waals surface area contributed by atoms with E-state index in [9.17, 15) is 4.79 Å². The molecule has 0 fully saturated rings. The number of amides is 1. The second-order valence-corrected chi connectivity index (χ2v) is 7.74. The van der Waals surface area contributed by atoms with Crippen LogP contribution >= 0.6 is 0 Å². The van der Waals surface area contributed by atoms with Crippen molar-refractivity contribution in [3.05, 3.63) is 59.2 Å². The summed E-state index contributed by atoms with van der Waals surface area (Å²) in [5.41, 5.74) is 3.00. The van der Waals surface area contributed by atoms with Gasteiger partial charge in [0, 0.05) is 12.0 Å². The fraction of sp³-hybridized carbons (Fsp3) is 0.409. The standard InChI is InChI=1S/C22H27NO3/c1-14-6-9-17(10-7-14)25-16(3)21(24)23-19-13-22(4,5)26-20-11-8-15(2)12-18(19)20/h6-12,16,19H,13H2,1-5H3,(H,23,24)/t16-,19-/m1/s1. The SMILES string of the molecule is Cc1ccc(O[C@H](C)C(=O)N[C@@H]2CC(C)(C)Oc3ccc(C)cc32)cc1. The first kappa shape index (κ1) is 18.3. The van der Waals surface area contributed by atoms with Crippen LogP contribution in [-0.4, -0.2) is 17.6 Å². The molecule has 0 bridgehead atoms. The number of fused-ring (bicyclic) bond motifs is 1. The molecule has 2 atom stereocenters. The van der Waals surface area contributed by atoms with Crippen molar-refractivity contribution >= 4 is 5.91 Å². The van der Waals surface area contributed by atoms with Gasteiger partial charge in [0.1, 0.15) is 17.1 Å². The molecule has 2 aromatic carbocycles. The highest BCUT2D eigenvalue weighted by Crippen LogP contribution is 2.39. The summed E-state index contributed by atoms with van der Waals surface area (Å²) < 4.78 is 11.9. The number of ether oxygens (including phenoxy) is 2. The zero-order chi connectivity index (χ0) is 18.9. The van der Waals surface area contributed by atoms with Crippen LogP contribution in [0.25, 0.3) is 0 Å². The molecule has 4 heteroatoms. The summed E-state index contributed by atoms with van der Waals surface area (Å²) in [6.07, 6.45) is 0.142. The molecule has 1 amide bonds. The molecule has 0 unspecified atom stereocenters. The molecule has 1 aliphatic heterocycles. The molecule has 0 aromatic heterocycles. The lowest BCUT2D eigenvalue weighted by Gasteiger charge is -2.38. The molecule has 26 heavy (non-hydrogen) atoms. The third kappa shape index (κ3) is 4.18. The first-order chi connectivity index (χ1) is 12.2. The number of hydrogen-bond acceptors (Lipinski definition) is 3. The molecule has 0 aliphatic carbocycles. The fourth-order valence-corrected chi connectivity index (χ4v) is 3.27. The summed E-state index contributed by atoms with van der Waals surface area (Å²) in [6.45, 7) is 9.92. The van der Waals surface area contributed by atoms with E-state index in [-0.39, 0.29) is 17.6 Å². The zero-order valence-corrected chi connectivity index (χ0v) is 16.1. The minimum absolute atomic E-state index is 0.0924. The van der Waals surface area contributed by atoms with Crippen molar-refractivity contribution in [2.24, 2.45) is 0 Å². The second-order valence-electron chi connectivity index (χ2n) is 7.74. The first-order valence-corrected chi connectivity index (χ1v) is 9.07. The van der Waals surface area contributed by atoms with E-state index >= 15 is 0 Å². The van der Waals surface area contributed by atoms with Gasteiger partial charge in [0.25, 0.3) is 5.91 Å². The van der Waals surface area contributed by atoms with Crippen molar-refractivity contribution in [2.45, 2.75) is 58.8 Å². The molecule has 1 aliphatic rings. The Labute approximate surface area is 155 Å². The van der Waals surface area contributed by atoms with E-state index in [1.165, 1.54) is 0 Å². The topological polar surface area (TPSA) is 47.6 Å². The lowest BCUT2D eigenvalue weighted by Crippen LogP contribution is -2.44. The fourth-order valence-electron chi connectivity index (χ4n) is 3.27. The quantitative estimate of drug-likeness (QED) is 0.881. The van der Waals surface area contributed by atoms with E-state index in [0.717, 1.165) is 22.4 Å². The van der Waals surface area contributed by atoms with E-state index in [0.29, 0.717) is 12.2 Å². The maximum Gasteiger partial charge on any atom is 0.261 e. The van der Waals surface area contributed by atoms with E-state index in [1.807, 2.05) is 64.1 Å². The zero-order valence-electron chi connectivity index (χ0n) is 16.1. The Hall–Kier alpha value is -2.49. The van der Waals surface area contributed by atoms with Crippen LogP contribution in [0.15, 0.2) is 42.5 Å². The molecular weight excluding hydrogens is 326 g/mol. The maximum absolute atomic E-state index is 12.7. The third-order valence-corrected chi connectivity index (χ3v) is 4.64. The van der Waals surface area contributed by atoms with Crippen LogP contribution < -0.4 is 14.8 Å². The molecule has 138 valence electrons. The van der Waals surface area contributed by atoms with Crippen LogP contribution in [0.2, 0.25) is 0 Å². The highest BCUT2D eigenvalue weighted by Gasteiger charge is 2.35. The lowest BCUT2D eigenvalue weighted by molar-refractivity contribution is -0.128. The summed E-state index contributed by atoms with van der Waals surface area (Å²) >= 11 is 0. The highest BCUT2D eigenvalue weighted by atomic mass is 16.5. The van der Waals surface area contributed by atoms with Gasteiger partial charge in [0.05, 0.1) is 6.04 Å². The summed E-state index contributed by atoms with van der Waals surface area (Å²) in [7, 11) is 0. The number of rotatable bonds is 4.